The zero-order valence-electron chi connectivity index (χ0n) is 13.1. The van der Waals surface area contributed by atoms with Gasteiger partial charge in [0.15, 0.2) is 0 Å². The number of benzene rings is 2. The van der Waals surface area contributed by atoms with E-state index in [1.165, 1.54) is 30.3 Å². The maximum Gasteiger partial charge on any atom is 0.266 e. The Morgan fingerprint density at radius 3 is 2.44 bits per heavy atom. The second kappa shape index (κ2) is 7.28. The minimum atomic E-state index is -0.591. The van der Waals surface area contributed by atoms with Gasteiger partial charge >= 0.3 is 0 Å². The maximum absolute atomic E-state index is 12.9. The van der Waals surface area contributed by atoms with Gasteiger partial charge in [-0.15, -0.1) is 0 Å². The topological polar surface area (TPSA) is 66.0 Å². The van der Waals surface area contributed by atoms with Crippen molar-refractivity contribution in [2.24, 2.45) is 0 Å². The van der Waals surface area contributed by atoms with Crippen molar-refractivity contribution in [1.82, 2.24) is 0 Å². The second-order valence-corrected chi connectivity index (χ2v) is 5.20. The van der Waals surface area contributed by atoms with Crippen LogP contribution in [0, 0.1) is 17.1 Å². The lowest BCUT2D eigenvalue weighted by molar-refractivity contribution is -0.112. The third-order valence-corrected chi connectivity index (χ3v) is 3.44. The van der Waals surface area contributed by atoms with E-state index < -0.39 is 11.7 Å². The van der Waals surface area contributed by atoms with Gasteiger partial charge in [0.2, 0.25) is 0 Å². The van der Waals surface area contributed by atoms with E-state index in [0.717, 1.165) is 5.56 Å². The molecule has 0 unspecified atom stereocenters. The number of rotatable bonds is 4. The Labute approximate surface area is 143 Å². The Morgan fingerprint density at radius 2 is 1.76 bits per heavy atom. The van der Waals surface area contributed by atoms with Crippen LogP contribution in [0.2, 0.25) is 0 Å². The molecule has 1 heterocycles. The monoisotopic (exact) mass is 332 g/mol. The lowest BCUT2D eigenvalue weighted by Crippen LogP contribution is -2.13. The Bertz CT molecular complexity index is 951. The van der Waals surface area contributed by atoms with Crippen LogP contribution in [-0.2, 0) is 4.79 Å². The minimum Gasteiger partial charge on any atom is -0.457 e. The van der Waals surface area contributed by atoms with Crippen molar-refractivity contribution in [2.75, 3.05) is 5.32 Å². The number of carbonyl (C=O) groups is 1. The van der Waals surface area contributed by atoms with Crippen molar-refractivity contribution in [3.05, 3.63) is 83.9 Å². The van der Waals surface area contributed by atoms with E-state index in [4.69, 9.17) is 4.42 Å². The zero-order valence-corrected chi connectivity index (χ0v) is 13.1. The van der Waals surface area contributed by atoms with Gasteiger partial charge in [0.05, 0.1) is 0 Å². The molecule has 0 aliphatic heterocycles. The highest BCUT2D eigenvalue weighted by Gasteiger charge is 2.11. The van der Waals surface area contributed by atoms with E-state index in [9.17, 15) is 14.4 Å². The summed E-state index contributed by atoms with van der Waals surface area (Å²) < 4.78 is 18.6. The summed E-state index contributed by atoms with van der Waals surface area (Å²) in [7, 11) is 0. The second-order valence-electron chi connectivity index (χ2n) is 5.20. The molecule has 0 spiro atoms. The molecule has 0 radical (unpaired) electrons. The summed E-state index contributed by atoms with van der Waals surface area (Å²) >= 11 is 0. The van der Waals surface area contributed by atoms with E-state index in [2.05, 4.69) is 5.32 Å². The summed E-state index contributed by atoms with van der Waals surface area (Å²) in [5, 5.41) is 11.8. The Hall–Kier alpha value is -3.65. The van der Waals surface area contributed by atoms with Gasteiger partial charge in [0.25, 0.3) is 5.91 Å². The Kier molecular flexibility index (Phi) is 4.72. The van der Waals surface area contributed by atoms with Crippen LogP contribution in [0.4, 0.5) is 10.1 Å². The molecule has 0 atom stereocenters. The van der Waals surface area contributed by atoms with Gasteiger partial charge in [-0.1, -0.05) is 30.3 Å². The molecule has 0 saturated heterocycles. The van der Waals surface area contributed by atoms with Crippen molar-refractivity contribution in [3.63, 3.8) is 0 Å². The number of furan rings is 1. The average molecular weight is 332 g/mol. The van der Waals surface area contributed by atoms with Crippen LogP contribution in [0.15, 0.2) is 76.7 Å². The first kappa shape index (κ1) is 16.2. The van der Waals surface area contributed by atoms with Crippen molar-refractivity contribution in [2.45, 2.75) is 0 Å². The molecular weight excluding hydrogens is 319 g/mol. The van der Waals surface area contributed by atoms with Crippen LogP contribution >= 0.6 is 0 Å². The van der Waals surface area contributed by atoms with Gasteiger partial charge < -0.3 is 9.73 Å². The minimum absolute atomic E-state index is 0.113. The predicted molar refractivity (Wildman–Crippen MR) is 92.8 cm³/mol. The maximum atomic E-state index is 12.9. The summed E-state index contributed by atoms with van der Waals surface area (Å²) in [5.74, 6) is 0.0394. The molecule has 1 N–H and O–H groups in total. The average Bonchev–Trinajstić information content (AvgIpc) is 3.11. The van der Waals surface area contributed by atoms with E-state index in [1.54, 1.807) is 12.1 Å². The molecular formula is C20H13FN2O2. The van der Waals surface area contributed by atoms with E-state index >= 15 is 0 Å². The molecule has 0 aliphatic carbocycles. The third-order valence-electron chi connectivity index (χ3n) is 3.44. The Morgan fingerprint density at radius 1 is 1.04 bits per heavy atom. The van der Waals surface area contributed by atoms with Crippen molar-refractivity contribution >= 4 is 17.7 Å². The number of hydrogen-bond donors (Lipinski definition) is 1. The number of amides is 1. The van der Waals surface area contributed by atoms with Crippen molar-refractivity contribution in [3.8, 4) is 17.4 Å². The molecule has 25 heavy (non-hydrogen) atoms. The first-order valence-electron chi connectivity index (χ1n) is 7.50. The molecule has 0 fully saturated rings. The van der Waals surface area contributed by atoms with Gasteiger partial charge in [-0.2, -0.15) is 5.26 Å². The van der Waals surface area contributed by atoms with Gasteiger partial charge in [-0.25, -0.2) is 4.39 Å². The van der Waals surface area contributed by atoms with Crippen LogP contribution in [-0.4, -0.2) is 5.91 Å². The molecule has 0 bridgehead atoms. The number of carbonyl (C=O) groups excluding carboxylic acids is 1. The van der Waals surface area contributed by atoms with Crippen LogP contribution < -0.4 is 5.32 Å². The first-order valence-corrected chi connectivity index (χ1v) is 7.50. The fourth-order valence-corrected chi connectivity index (χ4v) is 2.21. The normalized spacial score (nSPS) is 11.0. The first-order chi connectivity index (χ1) is 12.2. The van der Waals surface area contributed by atoms with Gasteiger partial charge in [-0.05, 0) is 36.4 Å². The molecule has 2 aromatic carbocycles. The number of halogens is 1. The molecule has 0 aliphatic rings. The summed E-state index contributed by atoms with van der Waals surface area (Å²) in [5.41, 5.74) is 1.19. The molecule has 122 valence electrons. The molecule has 1 amide bonds. The summed E-state index contributed by atoms with van der Waals surface area (Å²) in [6, 6.07) is 20.1. The number of hydrogen-bond acceptors (Lipinski definition) is 3. The SMILES string of the molecule is N#C/C(=C/c1ccc(-c2ccccc2)o1)C(=O)Nc1ccc(F)cc1. The standard InChI is InChI=1S/C20H13FN2O2/c21-16-6-8-17(9-7-16)23-20(24)15(13-22)12-18-10-11-19(25-18)14-4-2-1-3-5-14/h1-12H,(H,23,24)/b15-12-. The number of nitrogens with one attached hydrogen (secondary N) is 1. The van der Waals surface area contributed by atoms with Crippen LogP contribution in [0.1, 0.15) is 5.76 Å². The van der Waals surface area contributed by atoms with Gasteiger partial charge in [0, 0.05) is 17.3 Å². The fraction of sp³-hybridized carbons (Fsp3) is 0. The zero-order chi connectivity index (χ0) is 17.6. The van der Waals surface area contributed by atoms with Crippen molar-refractivity contribution in [1.29, 1.82) is 5.26 Å². The summed E-state index contributed by atoms with van der Waals surface area (Å²) in [6.07, 6.45) is 1.37. The third kappa shape index (κ3) is 4.01. The molecule has 3 aromatic rings. The molecule has 0 saturated carbocycles. The molecule has 5 heteroatoms. The largest absolute Gasteiger partial charge is 0.457 e. The van der Waals surface area contributed by atoms with E-state index in [-0.39, 0.29) is 5.57 Å². The van der Waals surface area contributed by atoms with Crippen molar-refractivity contribution < 1.29 is 13.6 Å². The summed E-state index contributed by atoms with van der Waals surface area (Å²) in [6.45, 7) is 0. The fourth-order valence-electron chi connectivity index (χ4n) is 2.21. The van der Waals surface area contributed by atoms with E-state index in [1.807, 2.05) is 36.4 Å². The smallest absolute Gasteiger partial charge is 0.266 e. The quantitative estimate of drug-likeness (QED) is 0.559. The van der Waals surface area contributed by atoms with Crippen LogP contribution in [0.25, 0.3) is 17.4 Å². The highest BCUT2D eigenvalue weighted by molar-refractivity contribution is 6.09. The summed E-state index contributed by atoms with van der Waals surface area (Å²) in [4.78, 5) is 12.2. The lowest BCUT2D eigenvalue weighted by Gasteiger charge is -2.03. The predicted octanol–water partition coefficient (Wildman–Crippen LogP) is 4.63. The number of nitrogens with zero attached hydrogens (tertiary/aromatic N) is 1. The molecule has 1 aromatic heterocycles. The lowest BCUT2D eigenvalue weighted by atomic mass is 10.2. The van der Waals surface area contributed by atoms with Crippen LogP contribution in [0.3, 0.4) is 0 Å². The number of anilines is 1. The van der Waals surface area contributed by atoms with E-state index in [0.29, 0.717) is 17.2 Å². The van der Waals surface area contributed by atoms with Gasteiger partial charge in [-0.3, -0.25) is 4.79 Å². The molecule has 3 rings (SSSR count). The Balaban J connectivity index is 1.78. The van der Waals surface area contributed by atoms with Gasteiger partial charge in [0.1, 0.15) is 29.0 Å². The highest BCUT2D eigenvalue weighted by Crippen LogP contribution is 2.23. The van der Waals surface area contributed by atoms with Crippen LogP contribution in [0.5, 0.6) is 0 Å². The highest BCUT2D eigenvalue weighted by atomic mass is 19.1. The molecule has 4 nitrogen and oxygen atoms in total. The number of nitriles is 1.